The van der Waals surface area contributed by atoms with Crippen LogP contribution in [0.1, 0.15) is 11.1 Å². The molecule has 3 rings (SSSR count). The summed E-state index contributed by atoms with van der Waals surface area (Å²) in [6.07, 6.45) is 0. The van der Waals surface area contributed by atoms with Gasteiger partial charge in [-0.3, -0.25) is 0 Å². The van der Waals surface area contributed by atoms with E-state index in [0.717, 1.165) is 16.8 Å². The summed E-state index contributed by atoms with van der Waals surface area (Å²) in [7, 11) is 0. The van der Waals surface area contributed by atoms with Gasteiger partial charge in [-0.25, -0.2) is 0 Å². The van der Waals surface area contributed by atoms with Gasteiger partial charge in [0, 0.05) is 28.9 Å². The summed E-state index contributed by atoms with van der Waals surface area (Å²) in [5.74, 6) is 1.41. The predicted molar refractivity (Wildman–Crippen MR) is 77.7 cm³/mol. The van der Waals surface area contributed by atoms with Gasteiger partial charge in [0.1, 0.15) is 5.75 Å². The summed E-state index contributed by atoms with van der Waals surface area (Å²) in [5, 5.41) is 13.9. The maximum Gasteiger partial charge on any atom is 0.231 e. The molecule has 0 amide bonds. The largest absolute Gasteiger partial charge is 0.507 e. The first kappa shape index (κ1) is 12.9. The molecule has 0 radical (unpaired) electrons. The van der Waals surface area contributed by atoms with Crippen molar-refractivity contribution in [2.45, 2.75) is 13.5 Å². The first-order valence-electron chi connectivity index (χ1n) is 6.25. The molecular weight excluding hydrogens is 278 g/mol. The Morgan fingerprint density at radius 3 is 2.70 bits per heavy atom. The molecule has 20 heavy (non-hydrogen) atoms. The monoisotopic (exact) mass is 291 g/mol. The van der Waals surface area contributed by atoms with Crippen molar-refractivity contribution >= 4 is 17.3 Å². The van der Waals surface area contributed by atoms with Crippen LogP contribution < -0.4 is 14.8 Å². The molecule has 2 aromatic carbocycles. The number of aromatic hydroxyl groups is 1. The Hall–Kier alpha value is -2.07. The van der Waals surface area contributed by atoms with Gasteiger partial charge >= 0.3 is 0 Å². The van der Waals surface area contributed by atoms with E-state index in [1.807, 2.05) is 25.1 Å². The molecule has 0 atom stereocenters. The number of fused-ring (bicyclic) bond motifs is 1. The minimum absolute atomic E-state index is 0.181. The summed E-state index contributed by atoms with van der Waals surface area (Å²) in [4.78, 5) is 0. The third-order valence-electron chi connectivity index (χ3n) is 3.23. The van der Waals surface area contributed by atoms with E-state index in [0.29, 0.717) is 23.1 Å². The third kappa shape index (κ3) is 2.47. The number of aryl methyl sites for hydroxylation is 1. The first-order chi connectivity index (χ1) is 9.63. The Morgan fingerprint density at radius 1 is 1.20 bits per heavy atom. The van der Waals surface area contributed by atoms with Crippen molar-refractivity contribution in [2.24, 2.45) is 0 Å². The molecule has 1 aliphatic rings. The molecule has 0 bridgehead atoms. The number of hydrogen-bond donors (Lipinski definition) is 2. The smallest absolute Gasteiger partial charge is 0.231 e. The normalized spacial score (nSPS) is 12.5. The van der Waals surface area contributed by atoms with E-state index in [1.165, 1.54) is 0 Å². The van der Waals surface area contributed by atoms with Crippen LogP contribution in [0.15, 0.2) is 30.3 Å². The van der Waals surface area contributed by atoms with Crippen molar-refractivity contribution < 1.29 is 14.6 Å². The minimum Gasteiger partial charge on any atom is -0.507 e. The second kappa shape index (κ2) is 5.13. The van der Waals surface area contributed by atoms with Gasteiger partial charge in [-0.05, 0) is 30.7 Å². The van der Waals surface area contributed by atoms with E-state index in [-0.39, 0.29) is 12.5 Å². The highest BCUT2D eigenvalue weighted by molar-refractivity contribution is 6.31. The topological polar surface area (TPSA) is 50.7 Å². The van der Waals surface area contributed by atoms with E-state index in [2.05, 4.69) is 5.32 Å². The number of nitrogens with one attached hydrogen (secondary N) is 1. The zero-order valence-corrected chi connectivity index (χ0v) is 11.7. The average molecular weight is 292 g/mol. The lowest BCUT2D eigenvalue weighted by Crippen LogP contribution is -2.00. The molecule has 0 spiro atoms. The van der Waals surface area contributed by atoms with Crippen LogP contribution in [0.5, 0.6) is 17.2 Å². The van der Waals surface area contributed by atoms with E-state index >= 15 is 0 Å². The molecule has 2 aromatic rings. The van der Waals surface area contributed by atoms with Crippen LogP contribution >= 0.6 is 11.6 Å². The summed E-state index contributed by atoms with van der Waals surface area (Å²) in [6.45, 7) is 2.62. The van der Waals surface area contributed by atoms with Gasteiger partial charge in [0.15, 0.2) is 11.5 Å². The fourth-order valence-corrected chi connectivity index (χ4v) is 2.20. The molecular formula is C15H14ClNO3. The van der Waals surface area contributed by atoms with Crippen LogP contribution in [0.3, 0.4) is 0 Å². The fourth-order valence-electron chi connectivity index (χ4n) is 2.02. The maximum atomic E-state index is 9.95. The molecule has 1 aliphatic heterocycles. The first-order valence-corrected chi connectivity index (χ1v) is 6.63. The lowest BCUT2D eigenvalue weighted by Gasteiger charge is -2.10. The summed E-state index contributed by atoms with van der Waals surface area (Å²) in [5.41, 5.74) is 2.67. The van der Waals surface area contributed by atoms with Crippen molar-refractivity contribution in [3.63, 3.8) is 0 Å². The Labute approximate surface area is 121 Å². The number of phenolic OH excluding ortho intramolecular Hbond substituents is 1. The van der Waals surface area contributed by atoms with E-state index in [1.54, 1.807) is 12.1 Å². The van der Waals surface area contributed by atoms with E-state index < -0.39 is 0 Å². The molecule has 2 N–H and O–H groups in total. The highest BCUT2D eigenvalue weighted by atomic mass is 35.5. The highest BCUT2D eigenvalue weighted by Crippen LogP contribution is 2.37. The molecule has 0 aliphatic carbocycles. The molecule has 0 unspecified atom stereocenters. The Balaban J connectivity index is 1.76. The molecule has 4 nitrogen and oxygen atoms in total. The maximum absolute atomic E-state index is 9.95. The van der Waals surface area contributed by atoms with Crippen LogP contribution in [0.2, 0.25) is 5.02 Å². The van der Waals surface area contributed by atoms with E-state index in [9.17, 15) is 5.11 Å². The van der Waals surface area contributed by atoms with Gasteiger partial charge in [0.05, 0.1) is 0 Å². The zero-order chi connectivity index (χ0) is 14.1. The average Bonchev–Trinajstić information content (AvgIpc) is 2.87. The molecule has 5 heteroatoms. The molecule has 1 heterocycles. The number of halogens is 1. The second-order valence-electron chi connectivity index (χ2n) is 4.65. The number of anilines is 1. The van der Waals surface area contributed by atoms with Gasteiger partial charge in [-0.1, -0.05) is 17.7 Å². The van der Waals surface area contributed by atoms with Crippen LogP contribution in [-0.4, -0.2) is 11.9 Å². The Morgan fingerprint density at radius 2 is 1.95 bits per heavy atom. The summed E-state index contributed by atoms with van der Waals surface area (Å²) >= 11 is 6.08. The number of phenols is 1. The standard InChI is InChI=1S/C15H14ClNO3/c1-9-2-3-11(5-12(9)16)17-7-10-4-14-15(6-13(10)18)20-8-19-14/h2-6,17-18H,7-8H2,1H3. The molecule has 0 aromatic heterocycles. The highest BCUT2D eigenvalue weighted by Gasteiger charge is 2.16. The lowest BCUT2D eigenvalue weighted by molar-refractivity contribution is 0.174. The number of rotatable bonds is 3. The lowest BCUT2D eigenvalue weighted by atomic mass is 10.1. The molecule has 0 saturated heterocycles. The van der Waals surface area contributed by atoms with Crippen LogP contribution in [0.25, 0.3) is 0 Å². The van der Waals surface area contributed by atoms with Crippen molar-refractivity contribution in [3.05, 3.63) is 46.5 Å². The van der Waals surface area contributed by atoms with Crippen molar-refractivity contribution in [1.82, 2.24) is 0 Å². The number of benzene rings is 2. The second-order valence-corrected chi connectivity index (χ2v) is 5.06. The van der Waals surface area contributed by atoms with Crippen molar-refractivity contribution in [2.75, 3.05) is 12.1 Å². The number of ether oxygens (including phenoxy) is 2. The number of hydrogen-bond acceptors (Lipinski definition) is 4. The Bertz CT molecular complexity index is 658. The quantitative estimate of drug-likeness (QED) is 0.905. The van der Waals surface area contributed by atoms with Crippen molar-refractivity contribution in [3.8, 4) is 17.2 Å². The predicted octanol–water partition coefficient (Wildman–Crippen LogP) is 3.69. The Kier molecular flexibility index (Phi) is 3.32. The van der Waals surface area contributed by atoms with Gasteiger partial charge in [0.2, 0.25) is 6.79 Å². The summed E-state index contributed by atoms with van der Waals surface area (Å²) < 4.78 is 10.5. The summed E-state index contributed by atoms with van der Waals surface area (Å²) in [6, 6.07) is 9.11. The van der Waals surface area contributed by atoms with Gasteiger partial charge in [-0.2, -0.15) is 0 Å². The SMILES string of the molecule is Cc1ccc(NCc2cc3c(cc2O)OCO3)cc1Cl. The van der Waals surface area contributed by atoms with Gasteiger partial charge < -0.3 is 19.9 Å². The van der Waals surface area contributed by atoms with Gasteiger partial charge in [0.25, 0.3) is 0 Å². The molecule has 104 valence electrons. The van der Waals surface area contributed by atoms with Crippen LogP contribution in [-0.2, 0) is 6.54 Å². The van der Waals surface area contributed by atoms with Crippen molar-refractivity contribution in [1.29, 1.82) is 0 Å². The van der Waals surface area contributed by atoms with Crippen LogP contribution in [0, 0.1) is 6.92 Å². The molecule has 0 fully saturated rings. The van der Waals surface area contributed by atoms with E-state index in [4.69, 9.17) is 21.1 Å². The minimum atomic E-state index is 0.181. The zero-order valence-electron chi connectivity index (χ0n) is 10.9. The fraction of sp³-hybridized carbons (Fsp3) is 0.200. The molecule has 0 saturated carbocycles. The van der Waals surface area contributed by atoms with Gasteiger partial charge in [-0.15, -0.1) is 0 Å². The third-order valence-corrected chi connectivity index (χ3v) is 3.64. The van der Waals surface area contributed by atoms with Crippen LogP contribution in [0.4, 0.5) is 5.69 Å².